The van der Waals surface area contributed by atoms with Gasteiger partial charge in [0.2, 0.25) is 0 Å². The number of carbonyl (C=O) groups is 2. The van der Waals surface area contributed by atoms with Crippen LogP contribution in [0.1, 0.15) is 0 Å². The van der Waals surface area contributed by atoms with Crippen molar-refractivity contribution in [1.82, 2.24) is 9.80 Å². The third-order valence-corrected chi connectivity index (χ3v) is 7.71. The highest BCUT2D eigenvalue weighted by molar-refractivity contribution is 5.88. The predicted molar refractivity (Wildman–Crippen MR) is 144 cm³/mol. The van der Waals surface area contributed by atoms with E-state index in [1.807, 2.05) is 0 Å². The van der Waals surface area contributed by atoms with Crippen molar-refractivity contribution in [1.29, 1.82) is 0 Å². The number of non-ortho nitro benzene ring substituents is 2. The molecule has 2 aromatic rings. The summed E-state index contributed by atoms with van der Waals surface area (Å²) in [4.78, 5) is 48.1. The molecule has 46 heavy (non-hydrogen) atoms. The van der Waals surface area contributed by atoms with Gasteiger partial charge >= 0.3 is 23.7 Å². The average Bonchev–Trinajstić information content (AvgIpc) is 3.04. The Morgan fingerprint density at radius 1 is 0.522 bits per heavy atom. The molecule has 0 bridgehead atoms. The molecule has 20 heteroatoms. The second kappa shape index (κ2) is 12.2. The summed E-state index contributed by atoms with van der Waals surface area (Å²) in [6.07, 6.45) is 0. The lowest BCUT2D eigenvalue weighted by atomic mass is 9.96. The third-order valence-electron chi connectivity index (χ3n) is 7.71. The molecule has 0 unspecified atom stereocenters. The second-order valence-electron chi connectivity index (χ2n) is 10.4. The fraction of sp³-hybridized carbons (Fsp3) is 0.462. The zero-order valence-electron chi connectivity index (χ0n) is 23.4. The number of piperazine rings is 2. The van der Waals surface area contributed by atoms with E-state index in [-0.39, 0.29) is 47.4 Å². The first kappa shape index (κ1) is 34.1. The zero-order chi connectivity index (χ0) is 34.2. The Hall–Kier alpha value is -4.78. The second-order valence-corrected chi connectivity index (χ2v) is 10.4. The molecule has 12 nitrogen and oxygen atoms in total. The number of hydrogen-bond acceptors (Lipinski definition) is 8. The van der Waals surface area contributed by atoms with E-state index in [1.165, 1.54) is 34.1 Å². The highest BCUT2D eigenvalue weighted by atomic mass is 19.4. The number of carbonyl (C=O) groups excluding carboxylic acids is 2. The SMILES string of the molecule is O=C(N1CCN(c2ccc([N+](=O)[O-])cc2)CC1)C(F)(F)C(F)(F)C(F)(F)C(F)(F)C(=O)N1CCN(c2ccc([N+](=O)[O-])cc2)CC1. The van der Waals surface area contributed by atoms with Crippen molar-refractivity contribution < 1.29 is 54.6 Å². The molecule has 0 spiro atoms. The Bertz CT molecular complexity index is 1370. The number of rotatable bonds is 9. The van der Waals surface area contributed by atoms with Gasteiger partial charge in [0.15, 0.2) is 0 Å². The minimum Gasteiger partial charge on any atom is -0.368 e. The highest BCUT2D eigenvalue weighted by Gasteiger charge is 2.85. The fourth-order valence-electron chi connectivity index (χ4n) is 4.97. The molecule has 2 fully saturated rings. The minimum atomic E-state index is -7.01. The van der Waals surface area contributed by atoms with Crippen LogP contribution in [0.25, 0.3) is 0 Å². The van der Waals surface area contributed by atoms with Gasteiger partial charge in [-0.2, -0.15) is 35.1 Å². The Balaban J connectivity index is 1.41. The standard InChI is InChI=1S/C26H24F8N6O6/c27-23(28,21(41)37-13-9-35(10-14-37)17-1-5-19(6-2-17)39(43)44)25(31,32)26(33,34)24(29,30)22(42)38-15-11-36(12-16-38)18-3-7-20(8-4-18)40(45)46/h1-8H,9-16H2. The largest absolute Gasteiger partial charge is 0.392 e. The van der Waals surface area contributed by atoms with Gasteiger partial charge in [0.25, 0.3) is 23.2 Å². The van der Waals surface area contributed by atoms with Gasteiger partial charge in [-0.25, -0.2) is 0 Å². The summed E-state index contributed by atoms with van der Waals surface area (Å²) in [6, 6.07) is 9.71. The quantitative estimate of drug-likeness (QED) is 0.222. The molecule has 2 heterocycles. The summed E-state index contributed by atoms with van der Waals surface area (Å²) in [6.45, 7) is -3.99. The van der Waals surface area contributed by atoms with Gasteiger partial charge < -0.3 is 19.6 Å². The molecule has 2 aromatic carbocycles. The molecule has 0 saturated carbocycles. The average molecular weight is 668 g/mol. The van der Waals surface area contributed by atoms with Crippen LogP contribution in [0.15, 0.2) is 48.5 Å². The number of alkyl halides is 8. The smallest absolute Gasteiger partial charge is 0.368 e. The molecule has 0 aliphatic carbocycles. The molecule has 0 radical (unpaired) electrons. The fourth-order valence-corrected chi connectivity index (χ4v) is 4.97. The molecular formula is C26H24F8N6O6. The van der Waals surface area contributed by atoms with Crippen LogP contribution in [-0.2, 0) is 9.59 Å². The molecule has 2 amide bonds. The molecule has 2 aliphatic heterocycles. The highest BCUT2D eigenvalue weighted by Crippen LogP contribution is 2.53. The van der Waals surface area contributed by atoms with E-state index in [0.717, 1.165) is 24.3 Å². The number of nitro groups is 2. The van der Waals surface area contributed by atoms with Crippen molar-refractivity contribution in [2.45, 2.75) is 23.7 Å². The van der Waals surface area contributed by atoms with Gasteiger partial charge in [-0.15, -0.1) is 0 Å². The van der Waals surface area contributed by atoms with Crippen LogP contribution in [0.4, 0.5) is 57.9 Å². The lowest BCUT2D eigenvalue weighted by Crippen LogP contribution is -2.70. The van der Waals surface area contributed by atoms with E-state index in [4.69, 9.17) is 0 Å². The number of amides is 2. The number of nitro benzene ring substituents is 2. The zero-order valence-corrected chi connectivity index (χ0v) is 23.4. The number of halogens is 8. The normalized spacial score (nSPS) is 16.8. The Labute approximate surface area is 254 Å². The van der Waals surface area contributed by atoms with Crippen molar-refractivity contribution in [3.8, 4) is 0 Å². The number of anilines is 2. The lowest BCUT2D eigenvalue weighted by Gasteiger charge is -2.42. The predicted octanol–water partition coefficient (Wildman–Crippen LogP) is 4.04. The molecule has 2 aliphatic rings. The maximum atomic E-state index is 14.8. The van der Waals surface area contributed by atoms with Crippen molar-refractivity contribution in [2.24, 2.45) is 0 Å². The number of nitrogens with zero attached hydrogens (tertiary/aromatic N) is 6. The molecule has 2 saturated heterocycles. The van der Waals surface area contributed by atoms with Crippen molar-refractivity contribution in [2.75, 3.05) is 62.2 Å². The van der Waals surface area contributed by atoms with Crippen LogP contribution in [0.3, 0.4) is 0 Å². The van der Waals surface area contributed by atoms with Gasteiger partial charge in [0.1, 0.15) is 0 Å². The van der Waals surface area contributed by atoms with Crippen molar-refractivity contribution in [3.63, 3.8) is 0 Å². The number of benzene rings is 2. The van der Waals surface area contributed by atoms with Gasteiger partial charge in [-0.3, -0.25) is 29.8 Å². The first-order valence-electron chi connectivity index (χ1n) is 13.4. The Morgan fingerprint density at radius 3 is 1.02 bits per heavy atom. The van der Waals surface area contributed by atoms with Crippen LogP contribution in [-0.4, -0.2) is 108 Å². The van der Waals surface area contributed by atoms with Crippen LogP contribution < -0.4 is 9.80 Å². The van der Waals surface area contributed by atoms with E-state index in [0.29, 0.717) is 11.4 Å². The summed E-state index contributed by atoms with van der Waals surface area (Å²) in [5.41, 5.74) is 0.154. The van der Waals surface area contributed by atoms with Crippen LogP contribution in [0.2, 0.25) is 0 Å². The van der Waals surface area contributed by atoms with Crippen LogP contribution in [0, 0.1) is 20.2 Å². The lowest BCUT2D eigenvalue weighted by molar-refractivity contribution is -0.385. The maximum Gasteiger partial charge on any atom is 0.392 e. The molecule has 0 aromatic heterocycles. The molecule has 250 valence electrons. The molecule has 0 N–H and O–H groups in total. The third kappa shape index (κ3) is 5.94. The Morgan fingerprint density at radius 2 is 0.783 bits per heavy atom. The topological polar surface area (TPSA) is 133 Å². The van der Waals surface area contributed by atoms with Gasteiger partial charge in [0.05, 0.1) is 9.85 Å². The maximum absolute atomic E-state index is 14.8. The van der Waals surface area contributed by atoms with E-state index >= 15 is 0 Å². The summed E-state index contributed by atoms with van der Waals surface area (Å²) >= 11 is 0. The van der Waals surface area contributed by atoms with E-state index in [1.54, 1.807) is 0 Å². The van der Waals surface area contributed by atoms with E-state index in [9.17, 15) is 64.9 Å². The minimum absolute atomic E-state index is 0.100. The van der Waals surface area contributed by atoms with Gasteiger partial charge in [-0.05, 0) is 24.3 Å². The van der Waals surface area contributed by atoms with Crippen LogP contribution >= 0.6 is 0 Å². The van der Waals surface area contributed by atoms with Gasteiger partial charge in [0, 0.05) is 88.0 Å². The summed E-state index contributed by atoms with van der Waals surface area (Å²) in [5.74, 6) is -32.4. The molecule has 4 rings (SSSR count). The Kier molecular flexibility index (Phi) is 9.04. The first-order chi connectivity index (χ1) is 21.3. The molecular weight excluding hydrogens is 644 g/mol. The van der Waals surface area contributed by atoms with E-state index in [2.05, 4.69) is 0 Å². The monoisotopic (exact) mass is 668 g/mol. The molecule has 0 atom stereocenters. The van der Waals surface area contributed by atoms with E-state index < -0.39 is 71.5 Å². The van der Waals surface area contributed by atoms with Gasteiger partial charge in [-0.1, -0.05) is 0 Å². The van der Waals surface area contributed by atoms with Crippen molar-refractivity contribution in [3.05, 3.63) is 68.8 Å². The summed E-state index contributed by atoms with van der Waals surface area (Å²) in [7, 11) is 0. The summed E-state index contributed by atoms with van der Waals surface area (Å²) in [5, 5.41) is 21.6. The first-order valence-corrected chi connectivity index (χ1v) is 13.4. The van der Waals surface area contributed by atoms with Crippen molar-refractivity contribution >= 4 is 34.6 Å². The summed E-state index contributed by atoms with van der Waals surface area (Å²) < 4.78 is 118. The number of hydrogen-bond donors (Lipinski definition) is 0. The van der Waals surface area contributed by atoms with Crippen LogP contribution in [0.5, 0.6) is 0 Å².